The van der Waals surface area contributed by atoms with Gasteiger partial charge in [-0.3, -0.25) is 0 Å². The summed E-state index contributed by atoms with van der Waals surface area (Å²) in [5.74, 6) is 0. The number of hydrogen-bond acceptors (Lipinski definition) is 0. The standard InChI is InChI=1S/C29H20Br2/c30-23-9-11-25-26-12-10-24(31)16-28(26)29(27(25)15-23,21-7-5-17-1-3-19(17)13-21)22-8-6-18-2-4-20(18)14-22/h5-16H,1-4H2. The Kier molecular flexibility index (Phi) is 3.82. The number of fused-ring (bicyclic) bond motifs is 5. The summed E-state index contributed by atoms with van der Waals surface area (Å²) in [6.07, 6.45) is 4.82. The highest BCUT2D eigenvalue weighted by Crippen LogP contribution is 2.57. The molecule has 4 aromatic rings. The molecule has 150 valence electrons. The van der Waals surface area contributed by atoms with Crippen LogP contribution in [0.5, 0.6) is 0 Å². The third-order valence-electron chi connectivity index (χ3n) is 7.67. The van der Waals surface area contributed by atoms with Gasteiger partial charge >= 0.3 is 0 Å². The van der Waals surface area contributed by atoms with Crippen LogP contribution in [-0.4, -0.2) is 0 Å². The van der Waals surface area contributed by atoms with Crippen molar-refractivity contribution in [3.63, 3.8) is 0 Å². The second kappa shape index (κ2) is 6.43. The van der Waals surface area contributed by atoms with Gasteiger partial charge in [-0.05, 0) is 106 Å². The zero-order valence-corrected chi connectivity index (χ0v) is 20.2. The Bertz CT molecular complexity index is 1300. The fourth-order valence-electron chi connectivity index (χ4n) is 5.91. The normalized spacial score (nSPS) is 16.5. The number of benzene rings is 4. The second-order valence-electron chi connectivity index (χ2n) is 9.10. The van der Waals surface area contributed by atoms with Crippen molar-refractivity contribution in [1.82, 2.24) is 0 Å². The zero-order valence-electron chi connectivity index (χ0n) is 17.0. The summed E-state index contributed by atoms with van der Waals surface area (Å²) >= 11 is 7.57. The largest absolute Gasteiger partial charge is 0.0714 e. The summed E-state index contributed by atoms with van der Waals surface area (Å²) in [5, 5.41) is 0. The molecule has 0 aliphatic heterocycles. The molecule has 4 aromatic carbocycles. The van der Waals surface area contributed by atoms with E-state index in [1.54, 1.807) is 0 Å². The lowest BCUT2D eigenvalue weighted by Gasteiger charge is -2.36. The first-order valence-corrected chi connectivity index (χ1v) is 12.6. The maximum absolute atomic E-state index is 3.79. The second-order valence-corrected chi connectivity index (χ2v) is 10.9. The molecule has 0 bridgehead atoms. The number of hydrogen-bond donors (Lipinski definition) is 0. The first kappa shape index (κ1) is 18.4. The predicted molar refractivity (Wildman–Crippen MR) is 134 cm³/mol. The van der Waals surface area contributed by atoms with Crippen molar-refractivity contribution in [1.29, 1.82) is 0 Å². The van der Waals surface area contributed by atoms with Crippen molar-refractivity contribution in [3.05, 3.63) is 126 Å². The van der Waals surface area contributed by atoms with Crippen LogP contribution in [0.3, 0.4) is 0 Å². The Morgan fingerprint density at radius 1 is 0.484 bits per heavy atom. The molecule has 0 radical (unpaired) electrons. The number of halogens is 2. The maximum Gasteiger partial charge on any atom is 0.0714 e. The van der Waals surface area contributed by atoms with E-state index < -0.39 is 0 Å². The summed E-state index contributed by atoms with van der Waals surface area (Å²) < 4.78 is 2.27. The van der Waals surface area contributed by atoms with Gasteiger partial charge in [0.2, 0.25) is 0 Å². The van der Waals surface area contributed by atoms with Gasteiger partial charge in [0.05, 0.1) is 5.41 Å². The van der Waals surface area contributed by atoms with E-state index in [1.807, 2.05) is 0 Å². The van der Waals surface area contributed by atoms with E-state index in [0.29, 0.717) is 0 Å². The highest BCUT2D eigenvalue weighted by molar-refractivity contribution is 9.10. The smallest absolute Gasteiger partial charge is 0.0584 e. The lowest BCUT2D eigenvalue weighted by atomic mass is 9.65. The molecule has 3 aliphatic rings. The zero-order chi connectivity index (χ0) is 20.7. The Morgan fingerprint density at radius 3 is 1.32 bits per heavy atom. The van der Waals surface area contributed by atoms with E-state index in [1.165, 1.54) is 81.3 Å². The topological polar surface area (TPSA) is 0 Å². The Hall–Kier alpha value is -2.16. The Balaban J connectivity index is 1.65. The van der Waals surface area contributed by atoms with Crippen LogP contribution in [0.4, 0.5) is 0 Å². The number of rotatable bonds is 2. The molecule has 0 saturated heterocycles. The van der Waals surface area contributed by atoms with Gasteiger partial charge in [-0.2, -0.15) is 0 Å². The Labute approximate surface area is 199 Å². The number of aryl methyl sites for hydroxylation is 4. The summed E-state index contributed by atoms with van der Waals surface area (Å²) in [5.41, 5.74) is 14.0. The Morgan fingerprint density at radius 2 is 0.935 bits per heavy atom. The van der Waals surface area contributed by atoms with Crippen LogP contribution in [0.25, 0.3) is 11.1 Å². The lowest BCUT2D eigenvalue weighted by molar-refractivity contribution is 0.739. The van der Waals surface area contributed by atoms with E-state index in [-0.39, 0.29) is 5.41 Å². The fourth-order valence-corrected chi connectivity index (χ4v) is 6.64. The van der Waals surface area contributed by atoms with Crippen LogP contribution in [0.1, 0.15) is 44.5 Å². The average Bonchev–Trinajstić information content (AvgIpc) is 2.99. The van der Waals surface area contributed by atoms with Crippen molar-refractivity contribution >= 4 is 31.9 Å². The van der Waals surface area contributed by atoms with Crippen LogP contribution >= 0.6 is 31.9 Å². The van der Waals surface area contributed by atoms with Gasteiger partial charge in [-0.1, -0.05) is 80.4 Å². The van der Waals surface area contributed by atoms with E-state index >= 15 is 0 Å². The van der Waals surface area contributed by atoms with Crippen LogP contribution in [0.2, 0.25) is 0 Å². The van der Waals surface area contributed by atoms with Crippen molar-refractivity contribution in [2.45, 2.75) is 31.1 Å². The van der Waals surface area contributed by atoms with Gasteiger partial charge in [0.1, 0.15) is 0 Å². The molecular weight excluding hydrogens is 508 g/mol. The van der Waals surface area contributed by atoms with E-state index in [9.17, 15) is 0 Å². The molecular formula is C29H20Br2. The maximum atomic E-state index is 3.79. The summed E-state index contributed by atoms with van der Waals surface area (Å²) in [6.45, 7) is 0. The average molecular weight is 528 g/mol. The molecule has 0 saturated carbocycles. The quantitative estimate of drug-likeness (QED) is 0.220. The highest BCUT2D eigenvalue weighted by atomic mass is 79.9. The van der Waals surface area contributed by atoms with Crippen LogP contribution in [0, 0.1) is 0 Å². The molecule has 0 nitrogen and oxygen atoms in total. The summed E-state index contributed by atoms with van der Waals surface area (Å²) in [6, 6.07) is 28.1. The predicted octanol–water partition coefficient (Wildman–Crippen LogP) is 7.77. The molecule has 7 rings (SSSR count). The molecule has 0 amide bonds. The molecule has 31 heavy (non-hydrogen) atoms. The fraction of sp³-hybridized carbons (Fsp3) is 0.172. The van der Waals surface area contributed by atoms with Gasteiger partial charge in [0.25, 0.3) is 0 Å². The summed E-state index contributed by atoms with van der Waals surface area (Å²) in [7, 11) is 0. The van der Waals surface area contributed by atoms with Crippen molar-refractivity contribution < 1.29 is 0 Å². The first-order valence-electron chi connectivity index (χ1n) is 11.0. The van der Waals surface area contributed by atoms with Gasteiger partial charge in [-0.25, -0.2) is 0 Å². The highest BCUT2D eigenvalue weighted by Gasteiger charge is 2.47. The molecule has 0 fully saturated rings. The van der Waals surface area contributed by atoms with Crippen LogP contribution in [-0.2, 0) is 31.1 Å². The molecule has 0 atom stereocenters. The van der Waals surface area contributed by atoms with Gasteiger partial charge in [0, 0.05) is 8.95 Å². The SMILES string of the molecule is Brc1ccc2c(c1)C(c1ccc3c(c1)CC3)(c1ccc3c(c1)CC3)c1cc(Br)ccc1-2. The molecule has 0 aromatic heterocycles. The minimum Gasteiger partial charge on any atom is -0.0584 e. The molecule has 2 heteroatoms. The minimum atomic E-state index is -0.298. The van der Waals surface area contributed by atoms with Crippen LogP contribution < -0.4 is 0 Å². The third kappa shape index (κ3) is 2.41. The van der Waals surface area contributed by atoms with Crippen molar-refractivity contribution in [3.8, 4) is 11.1 Å². The van der Waals surface area contributed by atoms with E-state index in [0.717, 1.165) is 8.95 Å². The van der Waals surface area contributed by atoms with E-state index in [4.69, 9.17) is 0 Å². The monoisotopic (exact) mass is 526 g/mol. The summed E-state index contributed by atoms with van der Waals surface area (Å²) in [4.78, 5) is 0. The molecule has 0 unspecified atom stereocenters. The first-order chi connectivity index (χ1) is 15.1. The third-order valence-corrected chi connectivity index (χ3v) is 8.65. The van der Waals surface area contributed by atoms with Gasteiger partial charge in [-0.15, -0.1) is 0 Å². The molecule has 0 heterocycles. The van der Waals surface area contributed by atoms with Crippen LogP contribution in [0.15, 0.2) is 81.7 Å². The van der Waals surface area contributed by atoms with Crippen molar-refractivity contribution in [2.24, 2.45) is 0 Å². The molecule has 0 spiro atoms. The lowest BCUT2D eigenvalue weighted by Crippen LogP contribution is -2.30. The van der Waals surface area contributed by atoms with Crippen molar-refractivity contribution in [2.75, 3.05) is 0 Å². The molecule has 0 N–H and O–H groups in total. The molecule has 3 aliphatic carbocycles. The van der Waals surface area contributed by atoms with E-state index in [2.05, 4.69) is 105 Å². The minimum absolute atomic E-state index is 0.298. The van der Waals surface area contributed by atoms with Gasteiger partial charge < -0.3 is 0 Å². The van der Waals surface area contributed by atoms with Gasteiger partial charge in [0.15, 0.2) is 0 Å².